The number of nitrogens with one attached hydrogen (secondary N) is 2. The number of piperidine rings is 1. The summed E-state index contributed by atoms with van der Waals surface area (Å²) in [4.78, 5) is 32.1. The number of carbonyl (C=O) groups excluding carboxylic acids is 2. The van der Waals surface area contributed by atoms with Crippen LogP contribution in [0.1, 0.15) is 40.2 Å². The minimum Gasteiger partial charge on any atom is -0.351 e. The van der Waals surface area contributed by atoms with E-state index in [0.29, 0.717) is 30.4 Å². The fourth-order valence-electron chi connectivity index (χ4n) is 4.81. The van der Waals surface area contributed by atoms with E-state index in [1.54, 1.807) is 11.3 Å². The van der Waals surface area contributed by atoms with Gasteiger partial charge in [-0.3, -0.25) is 9.59 Å². The Hall–Kier alpha value is -2.31. The Morgan fingerprint density at radius 2 is 2.10 bits per heavy atom. The van der Waals surface area contributed by atoms with Crippen LogP contribution in [0.4, 0.5) is 0 Å². The van der Waals surface area contributed by atoms with Crippen LogP contribution in [-0.2, 0) is 11.3 Å². The SMILES string of the molecule is Cc1c(C(=O)N2CCC3(CC2)C[C@H]3C(=O)NCc2cccs2)[nH]c2ccc(Cl)cc12. The molecule has 5 rings (SSSR count). The van der Waals surface area contributed by atoms with Crippen LogP contribution in [0.2, 0.25) is 5.02 Å². The smallest absolute Gasteiger partial charge is 0.270 e. The molecule has 1 saturated carbocycles. The first-order valence-corrected chi connectivity index (χ1v) is 11.6. The number of aromatic amines is 1. The molecule has 2 aromatic heterocycles. The number of thiophene rings is 1. The number of hydrogen-bond acceptors (Lipinski definition) is 3. The van der Waals surface area contributed by atoms with Gasteiger partial charge in [-0.1, -0.05) is 17.7 Å². The minimum atomic E-state index is 0.0361. The predicted octanol–water partition coefficient (Wildman–Crippen LogP) is 4.75. The fourth-order valence-corrected chi connectivity index (χ4v) is 5.62. The number of fused-ring (bicyclic) bond motifs is 1. The molecule has 2 fully saturated rings. The quantitative estimate of drug-likeness (QED) is 0.613. The summed E-state index contributed by atoms with van der Waals surface area (Å²) >= 11 is 7.78. The zero-order valence-electron chi connectivity index (χ0n) is 16.8. The van der Waals surface area contributed by atoms with Crippen molar-refractivity contribution in [1.82, 2.24) is 15.2 Å². The number of hydrogen-bond donors (Lipinski definition) is 2. The van der Waals surface area contributed by atoms with Crippen LogP contribution in [0.5, 0.6) is 0 Å². The Bertz CT molecular complexity index is 1110. The average Bonchev–Trinajstić information content (AvgIpc) is 3.08. The van der Waals surface area contributed by atoms with Crippen molar-refractivity contribution in [1.29, 1.82) is 0 Å². The lowest BCUT2D eigenvalue weighted by molar-refractivity contribution is -0.123. The molecule has 1 saturated heterocycles. The number of H-pyrrole nitrogens is 1. The Balaban J connectivity index is 1.21. The highest BCUT2D eigenvalue weighted by atomic mass is 35.5. The molecule has 0 radical (unpaired) electrons. The fraction of sp³-hybridized carbons (Fsp3) is 0.391. The number of amides is 2. The zero-order valence-corrected chi connectivity index (χ0v) is 18.4. The number of halogens is 1. The second-order valence-corrected chi connectivity index (χ2v) is 9.99. The van der Waals surface area contributed by atoms with Gasteiger partial charge in [-0.2, -0.15) is 0 Å². The van der Waals surface area contributed by atoms with E-state index in [1.807, 2.05) is 47.5 Å². The maximum absolute atomic E-state index is 13.1. The van der Waals surface area contributed by atoms with E-state index in [1.165, 1.54) is 4.88 Å². The van der Waals surface area contributed by atoms with E-state index >= 15 is 0 Å². The highest BCUT2D eigenvalue weighted by Crippen LogP contribution is 2.59. The zero-order chi connectivity index (χ0) is 20.9. The molecule has 3 aromatic rings. The highest BCUT2D eigenvalue weighted by molar-refractivity contribution is 7.09. The first kappa shape index (κ1) is 19.6. The van der Waals surface area contributed by atoms with Gasteiger partial charge in [0.1, 0.15) is 5.69 Å². The highest BCUT2D eigenvalue weighted by Gasteiger charge is 2.58. The summed E-state index contributed by atoms with van der Waals surface area (Å²) in [5.74, 6) is 0.284. The van der Waals surface area contributed by atoms with Crippen LogP contribution < -0.4 is 5.32 Å². The van der Waals surface area contributed by atoms with Gasteiger partial charge in [0.25, 0.3) is 5.91 Å². The van der Waals surface area contributed by atoms with Crippen molar-refractivity contribution >= 4 is 45.7 Å². The first-order valence-electron chi connectivity index (χ1n) is 10.3. The number of benzene rings is 1. The van der Waals surface area contributed by atoms with Crippen molar-refractivity contribution in [2.75, 3.05) is 13.1 Å². The summed E-state index contributed by atoms with van der Waals surface area (Å²) in [6.45, 7) is 3.96. The third kappa shape index (κ3) is 3.42. The number of carbonyl (C=O) groups is 2. The topological polar surface area (TPSA) is 65.2 Å². The van der Waals surface area contributed by atoms with E-state index in [0.717, 1.165) is 35.7 Å². The molecule has 1 spiro atoms. The van der Waals surface area contributed by atoms with Gasteiger partial charge in [-0.05, 0) is 66.8 Å². The Morgan fingerprint density at radius 1 is 1.30 bits per heavy atom. The van der Waals surface area contributed by atoms with Crippen molar-refractivity contribution in [2.24, 2.45) is 11.3 Å². The van der Waals surface area contributed by atoms with Gasteiger partial charge in [0.05, 0.1) is 6.54 Å². The van der Waals surface area contributed by atoms with E-state index in [4.69, 9.17) is 11.6 Å². The lowest BCUT2D eigenvalue weighted by Crippen LogP contribution is -2.41. The minimum absolute atomic E-state index is 0.0361. The molecule has 156 valence electrons. The Kier molecular flexibility index (Phi) is 4.86. The van der Waals surface area contributed by atoms with Crippen LogP contribution in [-0.4, -0.2) is 34.8 Å². The maximum atomic E-state index is 13.1. The monoisotopic (exact) mass is 441 g/mol. The molecule has 2 amide bonds. The summed E-state index contributed by atoms with van der Waals surface area (Å²) in [7, 11) is 0. The second kappa shape index (κ2) is 7.43. The molecule has 1 aliphatic heterocycles. The summed E-state index contributed by atoms with van der Waals surface area (Å²) in [5, 5.41) is 6.76. The van der Waals surface area contributed by atoms with Crippen molar-refractivity contribution in [2.45, 2.75) is 32.7 Å². The van der Waals surface area contributed by atoms with Crippen LogP contribution in [0.15, 0.2) is 35.7 Å². The Morgan fingerprint density at radius 3 is 2.83 bits per heavy atom. The molecule has 2 aliphatic rings. The molecular weight excluding hydrogens is 418 g/mol. The third-order valence-corrected chi connectivity index (χ3v) is 7.92. The molecular formula is C23H24ClN3O2S. The normalized spacial score (nSPS) is 19.9. The van der Waals surface area contributed by atoms with Gasteiger partial charge in [0.15, 0.2) is 0 Å². The van der Waals surface area contributed by atoms with Gasteiger partial charge >= 0.3 is 0 Å². The molecule has 0 bridgehead atoms. The third-order valence-electron chi connectivity index (χ3n) is 6.80. The number of rotatable bonds is 4. The first-order chi connectivity index (χ1) is 14.5. The molecule has 30 heavy (non-hydrogen) atoms. The van der Waals surface area contributed by atoms with Crippen LogP contribution in [0.3, 0.4) is 0 Å². The van der Waals surface area contributed by atoms with Gasteiger partial charge in [-0.25, -0.2) is 0 Å². The van der Waals surface area contributed by atoms with Crippen LogP contribution in [0, 0.1) is 18.3 Å². The summed E-state index contributed by atoms with van der Waals surface area (Å²) in [5.41, 5.74) is 2.59. The van der Waals surface area contributed by atoms with Crippen LogP contribution in [0.25, 0.3) is 10.9 Å². The van der Waals surface area contributed by atoms with Gasteiger partial charge in [0, 0.05) is 39.8 Å². The van der Waals surface area contributed by atoms with Crippen LogP contribution >= 0.6 is 22.9 Å². The molecule has 3 heterocycles. The largest absolute Gasteiger partial charge is 0.351 e. The summed E-state index contributed by atoms with van der Waals surface area (Å²) < 4.78 is 0. The number of nitrogens with zero attached hydrogens (tertiary/aromatic N) is 1. The molecule has 5 nitrogen and oxygen atoms in total. The lowest BCUT2D eigenvalue weighted by Gasteiger charge is -2.32. The molecule has 0 unspecified atom stereocenters. The molecule has 2 N–H and O–H groups in total. The standard InChI is InChI=1S/C23H24ClN3O2S/c1-14-17-11-15(24)4-5-19(17)26-20(14)22(29)27-8-6-23(7-9-27)12-18(23)21(28)25-13-16-3-2-10-30-16/h2-5,10-11,18,26H,6-9,12-13H2,1H3,(H,25,28)/t18-/m0/s1. The van der Waals surface area contributed by atoms with Crippen molar-refractivity contribution in [3.63, 3.8) is 0 Å². The number of aromatic nitrogens is 1. The number of likely N-dealkylation sites (tertiary alicyclic amines) is 1. The van der Waals surface area contributed by atoms with E-state index in [9.17, 15) is 9.59 Å². The maximum Gasteiger partial charge on any atom is 0.270 e. The molecule has 1 atom stereocenters. The second-order valence-electron chi connectivity index (χ2n) is 8.52. The van der Waals surface area contributed by atoms with E-state index in [2.05, 4.69) is 10.3 Å². The van der Waals surface area contributed by atoms with Crippen molar-refractivity contribution < 1.29 is 9.59 Å². The molecule has 1 aliphatic carbocycles. The van der Waals surface area contributed by atoms with Crippen molar-refractivity contribution in [3.8, 4) is 0 Å². The summed E-state index contributed by atoms with van der Waals surface area (Å²) in [6.07, 6.45) is 2.72. The van der Waals surface area contributed by atoms with Gasteiger partial charge < -0.3 is 15.2 Å². The number of aryl methyl sites for hydroxylation is 1. The lowest BCUT2D eigenvalue weighted by atomic mass is 9.90. The van der Waals surface area contributed by atoms with Crippen molar-refractivity contribution in [3.05, 3.63) is 56.9 Å². The average molecular weight is 442 g/mol. The Labute approximate surface area is 184 Å². The van der Waals surface area contributed by atoms with Gasteiger partial charge in [0.2, 0.25) is 5.91 Å². The summed E-state index contributed by atoms with van der Waals surface area (Å²) in [6, 6.07) is 9.68. The molecule has 7 heteroatoms. The molecule has 1 aromatic carbocycles. The van der Waals surface area contributed by atoms with E-state index < -0.39 is 0 Å². The van der Waals surface area contributed by atoms with Gasteiger partial charge in [-0.15, -0.1) is 11.3 Å². The predicted molar refractivity (Wildman–Crippen MR) is 120 cm³/mol. The van der Waals surface area contributed by atoms with E-state index in [-0.39, 0.29) is 23.1 Å².